The maximum absolute atomic E-state index is 12.1. The van der Waals surface area contributed by atoms with Crippen LogP contribution in [0.5, 0.6) is 5.75 Å². The second-order valence-corrected chi connectivity index (χ2v) is 4.27. The molecule has 4 N–H and O–H groups in total. The molecule has 0 fully saturated rings. The Balaban J connectivity index is 0.000000775. The molecule has 22 heavy (non-hydrogen) atoms. The van der Waals surface area contributed by atoms with Gasteiger partial charge in [-0.25, -0.2) is 0 Å². The van der Waals surface area contributed by atoms with Crippen LogP contribution in [-0.4, -0.2) is 28.2 Å². The van der Waals surface area contributed by atoms with Crippen molar-refractivity contribution in [2.45, 2.75) is 7.43 Å². The van der Waals surface area contributed by atoms with Crippen molar-refractivity contribution in [1.29, 1.82) is 0 Å². The highest BCUT2D eigenvalue weighted by Crippen LogP contribution is 2.21. The lowest BCUT2D eigenvalue weighted by molar-refractivity contribution is 0.102. The minimum Gasteiger partial charge on any atom is -0.508 e. The molecule has 0 saturated carbocycles. The molecule has 3 rings (SSSR count). The molecule has 0 aliphatic carbocycles. The number of phenols is 1. The van der Waals surface area contributed by atoms with Gasteiger partial charge in [-0.3, -0.25) is 4.79 Å². The number of aromatic hydroxyl groups is 1. The molecular weight excluding hydrogens is 280 g/mol. The molecule has 3 aromatic rings. The summed E-state index contributed by atoms with van der Waals surface area (Å²) in [4.78, 5) is 15.1. The van der Waals surface area contributed by atoms with E-state index in [1.807, 2.05) is 30.3 Å². The number of hydrogen-bond donors (Lipinski definition) is 4. The Morgan fingerprint density at radius 3 is 2.41 bits per heavy atom. The quantitative estimate of drug-likeness (QED) is 0.585. The molecule has 0 unspecified atom stereocenters. The maximum atomic E-state index is 12.1. The molecule has 116 valence electrons. The fourth-order valence-electron chi connectivity index (χ4n) is 1.96. The summed E-state index contributed by atoms with van der Waals surface area (Å²) in [6, 6.07) is 15.9. The summed E-state index contributed by atoms with van der Waals surface area (Å²) in [5.41, 5.74) is 2.02. The zero-order chi connectivity index (χ0) is 15.2. The minimum absolute atomic E-state index is 0. The fourth-order valence-corrected chi connectivity index (χ4v) is 1.96. The number of amides is 1. The number of carbonyl (C=O) groups is 1. The van der Waals surface area contributed by atoms with E-state index in [9.17, 15) is 9.90 Å². The molecule has 0 aliphatic heterocycles. The SMILES string of the molecule is C.CO.O=C(Nc1ccccc1)c1cc2cc(O)ccc2[nH]1. The predicted octanol–water partition coefficient (Wildman–Crippen LogP) is 3.37. The van der Waals surface area contributed by atoms with Crippen molar-refractivity contribution in [2.24, 2.45) is 0 Å². The van der Waals surface area contributed by atoms with E-state index in [-0.39, 0.29) is 19.1 Å². The number of rotatable bonds is 2. The summed E-state index contributed by atoms with van der Waals surface area (Å²) in [6.07, 6.45) is 0. The van der Waals surface area contributed by atoms with Crippen molar-refractivity contribution >= 4 is 22.5 Å². The van der Waals surface area contributed by atoms with Crippen molar-refractivity contribution < 1.29 is 15.0 Å². The van der Waals surface area contributed by atoms with Gasteiger partial charge in [-0.15, -0.1) is 0 Å². The van der Waals surface area contributed by atoms with Gasteiger partial charge < -0.3 is 20.5 Å². The van der Waals surface area contributed by atoms with Gasteiger partial charge in [-0.1, -0.05) is 25.6 Å². The van der Waals surface area contributed by atoms with Gasteiger partial charge in [0.1, 0.15) is 11.4 Å². The summed E-state index contributed by atoms with van der Waals surface area (Å²) in [5.74, 6) is -0.0246. The molecule has 0 atom stereocenters. The summed E-state index contributed by atoms with van der Waals surface area (Å²) < 4.78 is 0. The van der Waals surface area contributed by atoms with E-state index in [2.05, 4.69) is 10.3 Å². The van der Waals surface area contributed by atoms with Crippen LogP contribution in [0.4, 0.5) is 5.69 Å². The number of nitrogens with one attached hydrogen (secondary N) is 2. The van der Waals surface area contributed by atoms with Crippen LogP contribution < -0.4 is 5.32 Å². The van der Waals surface area contributed by atoms with Crippen LogP contribution in [-0.2, 0) is 0 Å². The summed E-state index contributed by atoms with van der Waals surface area (Å²) >= 11 is 0. The van der Waals surface area contributed by atoms with Crippen molar-refractivity contribution in [1.82, 2.24) is 4.98 Å². The average Bonchev–Trinajstić information content (AvgIpc) is 2.93. The van der Waals surface area contributed by atoms with Crippen molar-refractivity contribution in [3.63, 3.8) is 0 Å². The molecule has 0 bridgehead atoms. The van der Waals surface area contributed by atoms with E-state index < -0.39 is 0 Å². The third-order valence-corrected chi connectivity index (χ3v) is 2.88. The van der Waals surface area contributed by atoms with Crippen molar-refractivity contribution in [3.05, 3.63) is 60.3 Å². The Kier molecular flexibility index (Phi) is 6.16. The van der Waals surface area contributed by atoms with Crippen LogP contribution in [0.2, 0.25) is 0 Å². The van der Waals surface area contributed by atoms with E-state index in [4.69, 9.17) is 5.11 Å². The lowest BCUT2D eigenvalue weighted by Crippen LogP contribution is -2.11. The number of aromatic nitrogens is 1. The first-order valence-electron chi connectivity index (χ1n) is 6.35. The third-order valence-electron chi connectivity index (χ3n) is 2.88. The van der Waals surface area contributed by atoms with Crippen LogP contribution >= 0.6 is 0 Å². The van der Waals surface area contributed by atoms with Gasteiger partial charge in [0, 0.05) is 23.7 Å². The smallest absolute Gasteiger partial charge is 0.272 e. The maximum Gasteiger partial charge on any atom is 0.272 e. The lowest BCUT2D eigenvalue weighted by Gasteiger charge is -2.02. The van der Waals surface area contributed by atoms with Crippen LogP contribution in [0, 0.1) is 0 Å². The molecule has 0 radical (unpaired) electrons. The van der Waals surface area contributed by atoms with E-state index in [1.54, 1.807) is 24.3 Å². The zero-order valence-corrected chi connectivity index (χ0v) is 11.5. The number of aliphatic hydroxyl groups excluding tert-OH is 1. The number of aliphatic hydroxyl groups is 1. The van der Waals surface area contributed by atoms with Gasteiger partial charge in [-0.2, -0.15) is 0 Å². The Labute approximate surface area is 129 Å². The van der Waals surface area contributed by atoms with Crippen LogP contribution in [0.25, 0.3) is 10.9 Å². The molecule has 0 spiro atoms. The van der Waals surface area contributed by atoms with Crippen LogP contribution in [0.3, 0.4) is 0 Å². The molecule has 1 amide bonds. The monoisotopic (exact) mass is 300 g/mol. The Hall–Kier alpha value is -2.79. The fraction of sp³-hybridized carbons (Fsp3) is 0.118. The normalized spacial score (nSPS) is 9.36. The van der Waals surface area contributed by atoms with E-state index in [0.29, 0.717) is 5.69 Å². The van der Waals surface area contributed by atoms with Crippen LogP contribution in [0.15, 0.2) is 54.6 Å². The van der Waals surface area contributed by atoms with Gasteiger partial charge in [-0.05, 0) is 36.4 Å². The number of hydrogen-bond acceptors (Lipinski definition) is 3. The highest BCUT2D eigenvalue weighted by Gasteiger charge is 2.09. The topological polar surface area (TPSA) is 85.3 Å². The molecular formula is C17H20N2O3. The summed E-state index contributed by atoms with van der Waals surface area (Å²) in [7, 11) is 1.00. The van der Waals surface area contributed by atoms with Gasteiger partial charge in [0.2, 0.25) is 0 Å². The number of benzene rings is 2. The van der Waals surface area contributed by atoms with E-state index in [1.165, 1.54) is 0 Å². The first-order chi connectivity index (χ1) is 10.2. The molecule has 1 heterocycles. The molecule has 1 aromatic heterocycles. The van der Waals surface area contributed by atoms with Gasteiger partial charge in [0.15, 0.2) is 0 Å². The number of fused-ring (bicyclic) bond motifs is 1. The Morgan fingerprint density at radius 2 is 1.73 bits per heavy atom. The number of H-pyrrole nitrogens is 1. The van der Waals surface area contributed by atoms with Crippen LogP contribution in [0.1, 0.15) is 17.9 Å². The third kappa shape index (κ3) is 3.86. The van der Waals surface area contributed by atoms with Gasteiger partial charge in [0.25, 0.3) is 5.91 Å². The number of aromatic amines is 1. The summed E-state index contributed by atoms with van der Waals surface area (Å²) in [6.45, 7) is 0. The first-order valence-corrected chi connectivity index (χ1v) is 6.35. The van der Waals surface area contributed by atoms with Gasteiger partial charge >= 0.3 is 0 Å². The van der Waals surface area contributed by atoms with E-state index in [0.717, 1.165) is 23.7 Å². The zero-order valence-electron chi connectivity index (χ0n) is 11.5. The molecule has 2 aromatic carbocycles. The molecule has 5 heteroatoms. The number of anilines is 1. The first kappa shape index (κ1) is 17.3. The number of carbonyl (C=O) groups excluding carboxylic acids is 1. The van der Waals surface area contributed by atoms with Crippen molar-refractivity contribution in [3.8, 4) is 5.75 Å². The Bertz CT molecular complexity index is 736. The highest BCUT2D eigenvalue weighted by molar-refractivity contribution is 6.06. The second kappa shape index (κ2) is 7.85. The lowest BCUT2D eigenvalue weighted by atomic mass is 10.2. The predicted molar refractivity (Wildman–Crippen MR) is 89.2 cm³/mol. The van der Waals surface area contributed by atoms with Crippen molar-refractivity contribution in [2.75, 3.05) is 12.4 Å². The van der Waals surface area contributed by atoms with Gasteiger partial charge in [0.05, 0.1) is 0 Å². The Morgan fingerprint density at radius 1 is 1.05 bits per heavy atom. The molecule has 5 nitrogen and oxygen atoms in total. The number of phenolic OH excluding ortho intramolecular Hbond substituents is 1. The standard InChI is InChI=1S/C15H12N2O2.CH4O.CH4/c18-12-6-7-13-10(8-12)9-14(17-13)15(19)16-11-4-2-1-3-5-11;1-2;/h1-9,17-18H,(H,16,19);2H,1H3;1H4. The summed E-state index contributed by atoms with van der Waals surface area (Å²) in [5, 5.41) is 20.0. The second-order valence-electron chi connectivity index (χ2n) is 4.27. The largest absolute Gasteiger partial charge is 0.508 e. The highest BCUT2D eigenvalue weighted by atomic mass is 16.3. The molecule has 0 aliphatic rings. The minimum atomic E-state index is -0.207. The molecule has 0 saturated heterocycles. The number of para-hydroxylation sites is 1. The average molecular weight is 300 g/mol. The van der Waals surface area contributed by atoms with E-state index >= 15 is 0 Å².